The molecule has 3 nitrogen and oxygen atoms in total. The van der Waals surface area contributed by atoms with Gasteiger partial charge in [-0.2, -0.15) is 0 Å². The average Bonchev–Trinajstić information content (AvgIpc) is 2.23. The van der Waals surface area contributed by atoms with Gasteiger partial charge in [-0.15, -0.1) is 0 Å². The van der Waals surface area contributed by atoms with E-state index in [-0.39, 0.29) is 5.75 Å². The van der Waals surface area contributed by atoms with Crippen LogP contribution in [0, 0.1) is 20.8 Å². The van der Waals surface area contributed by atoms with Gasteiger partial charge in [0.25, 0.3) is 0 Å². The first-order valence-corrected chi connectivity index (χ1v) is 5.37. The van der Waals surface area contributed by atoms with E-state index in [4.69, 9.17) is 4.74 Å². The number of hydrogen-bond donors (Lipinski definition) is 1. The zero-order valence-corrected chi connectivity index (χ0v) is 9.92. The lowest BCUT2D eigenvalue weighted by Crippen LogP contribution is -2.03. The van der Waals surface area contributed by atoms with Crippen molar-refractivity contribution in [3.63, 3.8) is 0 Å². The van der Waals surface area contributed by atoms with Gasteiger partial charge in [0.2, 0.25) is 5.88 Å². The molecule has 0 fully saturated rings. The summed E-state index contributed by atoms with van der Waals surface area (Å²) in [6, 6.07) is 0. The fraction of sp³-hybridized carbons (Fsp3) is 0.583. The second-order valence-corrected chi connectivity index (χ2v) is 3.80. The Morgan fingerprint density at radius 1 is 1.20 bits per heavy atom. The zero-order valence-electron chi connectivity index (χ0n) is 9.92. The predicted octanol–water partition coefficient (Wildman–Crippen LogP) is 2.89. The molecule has 1 aromatic rings. The Bertz CT molecular complexity index is 348. The van der Waals surface area contributed by atoms with Gasteiger partial charge in [0.1, 0.15) is 5.75 Å². The number of pyridine rings is 1. The first kappa shape index (κ1) is 11.8. The molecule has 0 unspecified atom stereocenters. The van der Waals surface area contributed by atoms with E-state index >= 15 is 0 Å². The number of rotatable bonds is 4. The number of aromatic hydroxyl groups is 1. The summed E-state index contributed by atoms with van der Waals surface area (Å²) < 4.78 is 5.57. The summed E-state index contributed by atoms with van der Waals surface area (Å²) in [6.45, 7) is 8.40. The molecule has 0 aliphatic carbocycles. The van der Waals surface area contributed by atoms with Crippen LogP contribution in [-0.2, 0) is 0 Å². The van der Waals surface area contributed by atoms with Gasteiger partial charge in [0.05, 0.1) is 12.3 Å². The maximum atomic E-state index is 9.67. The molecule has 0 spiro atoms. The molecule has 0 saturated heterocycles. The van der Waals surface area contributed by atoms with Gasteiger partial charge < -0.3 is 9.84 Å². The van der Waals surface area contributed by atoms with Crippen LogP contribution in [0.1, 0.15) is 36.6 Å². The number of aromatic nitrogens is 1. The summed E-state index contributed by atoms with van der Waals surface area (Å²) in [7, 11) is 0. The van der Waals surface area contributed by atoms with Crippen LogP contribution < -0.4 is 4.74 Å². The van der Waals surface area contributed by atoms with Gasteiger partial charge in [-0.1, -0.05) is 13.3 Å². The lowest BCUT2D eigenvalue weighted by atomic mass is 10.1. The third kappa shape index (κ3) is 2.61. The summed E-state index contributed by atoms with van der Waals surface area (Å²) in [6.07, 6.45) is 2.13. The molecule has 1 heterocycles. The van der Waals surface area contributed by atoms with Crippen LogP contribution >= 0.6 is 0 Å². The molecule has 1 N–H and O–H groups in total. The van der Waals surface area contributed by atoms with Crippen molar-refractivity contribution in [3.05, 3.63) is 16.8 Å². The van der Waals surface area contributed by atoms with Crippen LogP contribution in [0.25, 0.3) is 0 Å². The smallest absolute Gasteiger partial charge is 0.216 e. The van der Waals surface area contributed by atoms with Crippen molar-refractivity contribution in [1.29, 1.82) is 0 Å². The average molecular weight is 209 g/mol. The number of ether oxygens (including phenoxy) is 1. The normalized spacial score (nSPS) is 10.4. The van der Waals surface area contributed by atoms with E-state index in [1.54, 1.807) is 6.92 Å². The second kappa shape index (κ2) is 5.01. The zero-order chi connectivity index (χ0) is 11.4. The molecule has 15 heavy (non-hydrogen) atoms. The van der Waals surface area contributed by atoms with Crippen molar-refractivity contribution < 1.29 is 9.84 Å². The van der Waals surface area contributed by atoms with E-state index in [1.165, 1.54) is 0 Å². The Hall–Kier alpha value is -1.25. The summed E-state index contributed by atoms with van der Waals surface area (Å²) in [5.41, 5.74) is 2.41. The Kier molecular flexibility index (Phi) is 3.95. The third-order valence-electron chi connectivity index (χ3n) is 2.59. The summed E-state index contributed by atoms with van der Waals surface area (Å²) in [4.78, 5) is 4.23. The van der Waals surface area contributed by atoms with E-state index in [9.17, 15) is 5.11 Å². The molecular formula is C12H19NO2. The van der Waals surface area contributed by atoms with Gasteiger partial charge >= 0.3 is 0 Å². The third-order valence-corrected chi connectivity index (χ3v) is 2.59. The second-order valence-electron chi connectivity index (χ2n) is 3.80. The molecule has 0 radical (unpaired) electrons. The highest BCUT2D eigenvalue weighted by molar-refractivity contribution is 5.45. The SMILES string of the molecule is CCCCOc1nc(C)c(O)c(C)c1C. The lowest BCUT2D eigenvalue weighted by Gasteiger charge is -2.12. The minimum Gasteiger partial charge on any atom is -0.506 e. The van der Waals surface area contributed by atoms with Gasteiger partial charge in [0.15, 0.2) is 0 Å². The van der Waals surface area contributed by atoms with E-state index in [0.29, 0.717) is 18.2 Å². The lowest BCUT2D eigenvalue weighted by molar-refractivity contribution is 0.293. The van der Waals surface area contributed by atoms with Crippen molar-refractivity contribution in [2.45, 2.75) is 40.5 Å². The number of unbranched alkanes of at least 4 members (excludes halogenated alkanes) is 1. The van der Waals surface area contributed by atoms with Crippen LogP contribution in [0.15, 0.2) is 0 Å². The molecule has 0 aromatic carbocycles. The van der Waals surface area contributed by atoms with Crippen molar-refractivity contribution in [1.82, 2.24) is 4.98 Å². The van der Waals surface area contributed by atoms with E-state index in [0.717, 1.165) is 24.0 Å². The highest BCUT2D eigenvalue weighted by Crippen LogP contribution is 2.28. The standard InChI is InChI=1S/C12H19NO2/c1-5-6-7-15-12-9(3)8(2)11(14)10(4)13-12/h14H,5-7H2,1-4H3. The monoisotopic (exact) mass is 209 g/mol. The first-order valence-electron chi connectivity index (χ1n) is 5.37. The van der Waals surface area contributed by atoms with Crippen LogP contribution in [0.5, 0.6) is 11.6 Å². The van der Waals surface area contributed by atoms with Crippen LogP contribution in [0.4, 0.5) is 0 Å². The summed E-state index contributed by atoms with van der Waals surface area (Å²) in [5, 5.41) is 9.67. The van der Waals surface area contributed by atoms with E-state index < -0.39 is 0 Å². The largest absolute Gasteiger partial charge is 0.506 e. The predicted molar refractivity (Wildman–Crippen MR) is 60.5 cm³/mol. The molecule has 0 aliphatic rings. The summed E-state index contributed by atoms with van der Waals surface area (Å²) in [5.74, 6) is 0.923. The van der Waals surface area contributed by atoms with Crippen molar-refractivity contribution >= 4 is 0 Å². The van der Waals surface area contributed by atoms with Crippen LogP contribution in [0.2, 0.25) is 0 Å². The van der Waals surface area contributed by atoms with Crippen LogP contribution in [0.3, 0.4) is 0 Å². The quantitative estimate of drug-likeness (QED) is 0.775. The van der Waals surface area contributed by atoms with E-state index in [1.807, 2.05) is 13.8 Å². The molecule has 0 aliphatic heterocycles. The highest BCUT2D eigenvalue weighted by atomic mass is 16.5. The maximum Gasteiger partial charge on any atom is 0.216 e. The summed E-state index contributed by atoms with van der Waals surface area (Å²) >= 11 is 0. The Balaban J connectivity index is 2.89. The molecule has 3 heteroatoms. The molecule has 0 bridgehead atoms. The van der Waals surface area contributed by atoms with Gasteiger partial charge in [-0.25, -0.2) is 4.98 Å². The molecule has 0 amide bonds. The minimum absolute atomic E-state index is 0.273. The minimum atomic E-state index is 0.273. The fourth-order valence-electron chi connectivity index (χ4n) is 1.35. The Labute approximate surface area is 91.1 Å². The first-order chi connectivity index (χ1) is 7.07. The molecule has 1 aromatic heterocycles. The number of nitrogens with zero attached hydrogens (tertiary/aromatic N) is 1. The Morgan fingerprint density at radius 2 is 1.87 bits per heavy atom. The molecule has 84 valence electrons. The Morgan fingerprint density at radius 3 is 2.47 bits per heavy atom. The van der Waals surface area contributed by atoms with Crippen LogP contribution in [-0.4, -0.2) is 16.7 Å². The van der Waals surface area contributed by atoms with Crippen molar-refractivity contribution in [3.8, 4) is 11.6 Å². The molecular weight excluding hydrogens is 190 g/mol. The van der Waals surface area contributed by atoms with Crippen molar-refractivity contribution in [2.24, 2.45) is 0 Å². The van der Waals surface area contributed by atoms with Gasteiger partial charge in [-0.05, 0) is 27.2 Å². The molecule has 0 saturated carbocycles. The van der Waals surface area contributed by atoms with Gasteiger partial charge in [-0.3, -0.25) is 0 Å². The molecule has 1 rings (SSSR count). The van der Waals surface area contributed by atoms with Gasteiger partial charge in [0, 0.05) is 11.1 Å². The highest BCUT2D eigenvalue weighted by Gasteiger charge is 2.11. The van der Waals surface area contributed by atoms with E-state index in [2.05, 4.69) is 11.9 Å². The molecule has 0 atom stereocenters. The maximum absolute atomic E-state index is 9.67. The fourth-order valence-corrected chi connectivity index (χ4v) is 1.35. The number of aryl methyl sites for hydroxylation is 1. The van der Waals surface area contributed by atoms with Crippen molar-refractivity contribution in [2.75, 3.05) is 6.61 Å². The topological polar surface area (TPSA) is 42.4 Å². The number of hydrogen-bond acceptors (Lipinski definition) is 3.